The minimum absolute atomic E-state index is 0.147. The number of ketones is 1. The first-order valence-electron chi connectivity index (χ1n) is 5.25. The van der Waals surface area contributed by atoms with Crippen molar-refractivity contribution in [3.05, 3.63) is 56.8 Å². The molecule has 1 aromatic carbocycles. The second kappa shape index (κ2) is 4.22. The molecule has 0 amide bonds. The number of carbonyl (C=O) groups is 1. The fraction of sp³-hybridized carbons (Fsp3) is 0.214. The van der Waals surface area contributed by atoms with Crippen molar-refractivity contribution in [2.24, 2.45) is 0 Å². The van der Waals surface area contributed by atoms with Gasteiger partial charge in [0.25, 0.3) is 0 Å². The van der Waals surface area contributed by atoms with Crippen LogP contribution < -0.4 is 0 Å². The van der Waals surface area contributed by atoms with Crippen molar-refractivity contribution in [2.45, 2.75) is 20.8 Å². The Balaban J connectivity index is 2.49. The third-order valence-electron chi connectivity index (χ3n) is 2.71. The summed E-state index contributed by atoms with van der Waals surface area (Å²) in [6.07, 6.45) is 0. The van der Waals surface area contributed by atoms with Crippen molar-refractivity contribution in [3.63, 3.8) is 0 Å². The molecule has 0 aliphatic rings. The summed E-state index contributed by atoms with van der Waals surface area (Å²) in [7, 11) is 0. The van der Waals surface area contributed by atoms with Crippen LogP contribution in [0.25, 0.3) is 0 Å². The maximum Gasteiger partial charge on any atom is 0.203 e. The van der Waals surface area contributed by atoms with Crippen LogP contribution in [-0.2, 0) is 0 Å². The lowest BCUT2D eigenvalue weighted by Gasteiger charge is -2.05. The predicted molar refractivity (Wildman–Crippen MR) is 68.4 cm³/mol. The molecule has 16 heavy (non-hydrogen) atoms. The van der Waals surface area contributed by atoms with Crippen molar-refractivity contribution < 1.29 is 4.79 Å². The van der Waals surface area contributed by atoms with Crippen LogP contribution in [0, 0.1) is 20.8 Å². The molecule has 0 bridgehead atoms. The van der Waals surface area contributed by atoms with E-state index in [2.05, 4.69) is 0 Å². The number of benzene rings is 1. The lowest BCUT2D eigenvalue weighted by atomic mass is 10.00. The van der Waals surface area contributed by atoms with Crippen molar-refractivity contribution in [2.75, 3.05) is 0 Å². The molecule has 2 rings (SSSR count). The van der Waals surface area contributed by atoms with Crippen LogP contribution in [0.5, 0.6) is 0 Å². The summed E-state index contributed by atoms with van der Waals surface area (Å²) in [5.74, 6) is 0.147. The molecule has 0 fully saturated rings. The molecule has 0 aliphatic carbocycles. The standard InChI is InChI=1S/C14H14OS/c1-9-4-5-10(2)12(8-9)13(15)14-11(3)6-7-16-14/h4-8H,1-3H3. The molecule has 0 N–H and O–H groups in total. The van der Waals surface area contributed by atoms with Gasteiger partial charge in [-0.15, -0.1) is 11.3 Å². The second-order valence-electron chi connectivity index (χ2n) is 4.08. The van der Waals surface area contributed by atoms with Gasteiger partial charge in [0.05, 0.1) is 4.88 Å². The number of hydrogen-bond acceptors (Lipinski definition) is 2. The molecule has 0 saturated heterocycles. The van der Waals surface area contributed by atoms with Crippen molar-refractivity contribution >= 4 is 17.1 Å². The average molecular weight is 230 g/mol. The van der Waals surface area contributed by atoms with E-state index in [0.717, 1.165) is 27.1 Å². The molecule has 0 spiro atoms. The second-order valence-corrected chi connectivity index (χ2v) is 5.00. The first-order chi connectivity index (χ1) is 7.59. The normalized spacial score (nSPS) is 10.4. The van der Waals surface area contributed by atoms with Gasteiger partial charge in [0, 0.05) is 5.56 Å². The molecule has 2 aromatic rings. The summed E-state index contributed by atoms with van der Waals surface area (Å²) in [4.78, 5) is 13.2. The molecule has 0 radical (unpaired) electrons. The van der Waals surface area contributed by atoms with E-state index >= 15 is 0 Å². The number of rotatable bonds is 2. The van der Waals surface area contributed by atoms with Crippen LogP contribution in [0.2, 0.25) is 0 Å². The number of carbonyl (C=O) groups excluding carboxylic acids is 1. The molecule has 82 valence electrons. The molecule has 1 nitrogen and oxygen atoms in total. The molecule has 0 aliphatic heterocycles. The highest BCUT2D eigenvalue weighted by molar-refractivity contribution is 7.12. The summed E-state index contributed by atoms with van der Waals surface area (Å²) >= 11 is 1.52. The van der Waals surface area contributed by atoms with E-state index < -0.39 is 0 Å². The maximum atomic E-state index is 12.3. The van der Waals surface area contributed by atoms with Crippen LogP contribution in [-0.4, -0.2) is 5.78 Å². The Morgan fingerprint density at radius 1 is 1.06 bits per heavy atom. The van der Waals surface area contributed by atoms with Crippen molar-refractivity contribution in [3.8, 4) is 0 Å². The smallest absolute Gasteiger partial charge is 0.203 e. The Hall–Kier alpha value is -1.41. The molecule has 0 saturated carbocycles. The highest BCUT2D eigenvalue weighted by Gasteiger charge is 2.15. The minimum atomic E-state index is 0.147. The fourth-order valence-electron chi connectivity index (χ4n) is 1.71. The van der Waals surface area contributed by atoms with Gasteiger partial charge in [-0.2, -0.15) is 0 Å². The largest absolute Gasteiger partial charge is 0.288 e. The van der Waals surface area contributed by atoms with Gasteiger partial charge in [-0.1, -0.05) is 17.7 Å². The minimum Gasteiger partial charge on any atom is -0.288 e. The average Bonchev–Trinajstić information content (AvgIpc) is 2.67. The van der Waals surface area contributed by atoms with Crippen LogP contribution in [0.4, 0.5) is 0 Å². The Morgan fingerprint density at radius 2 is 1.81 bits per heavy atom. The van der Waals surface area contributed by atoms with Gasteiger partial charge in [-0.3, -0.25) is 4.79 Å². The topological polar surface area (TPSA) is 17.1 Å². The van der Waals surface area contributed by atoms with Gasteiger partial charge in [0.2, 0.25) is 5.78 Å². The highest BCUT2D eigenvalue weighted by atomic mass is 32.1. The summed E-state index contributed by atoms with van der Waals surface area (Å²) in [6.45, 7) is 5.97. The van der Waals surface area contributed by atoms with Crippen LogP contribution >= 0.6 is 11.3 Å². The zero-order valence-corrected chi connectivity index (χ0v) is 10.5. The summed E-state index contributed by atoms with van der Waals surface area (Å²) in [5, 5.41) is 1.97. The third-order valence-corrected chi connectivity index (χ3v) is 3.72. The van der Waals surface area contributed by atoms with Crippen molar-refractivity contribution in [1.29, 1.82) is 0 Å². The number of aryl methyl sites for hydroxylation is 3. The molecule has 2 heteroatoms. The quantitative estimate of drug-likeness (QED) is 0.715. The molecule has 0 unspecified atom stereocenters. The lowest BCUT2D eigenvalue weighted by molar-refractivity contribution is 0.104. The zero-order valence-electron chi connectivity index (χ0n) is 9.70. The molecule has 0 atom stereocenters. The SMILES string of the molecule is Cc1ccc(C)c(C(=O)c2sccc2C)c1. The number of hydrogen-bond donors (Lipinski definition) is 0. The van der Waals surface area contributed by atoms with E-state index in [9.17, 15) is 4.79 Å². The zero-order chi connectivity index (χ0) is 11.7. The lowest BCUT2D eigenvalue weighted by Crippen LogP contribution is -2.03. The maximum absolute atomic E-state index is 12.3. The van der Waals surface area contributed by atoms with E-state index in [1.165, 1.54) is 11.3 Å². The van der Waals surface area contributed by atoms with Gasteiger partial charge in [0.1, 0.15) is 0 Å². The highest BCUT2D eigenvalue weighted by Crippen LogP contribution is 2.22. The van der Waals surface area contributed by atoms with Gasteiger partial charge in [-0.25, -0.2) is 0 Å². The first-order valence-corrected chi connectivity index (χ1v) is 6.13. The van der Waals surface area contributed by atoms with Crippen LogP contribution in [0.3, 0.4) is 0 Å². The van der Waals surface area contributed by atoms with E-state index in [-0.39, 0.29) is 5.78 Å². The van der Waals surface area contributed by atoms with Gasteiger partial charge >= 0.3 is 0 Å². The Kier molecular flexibility index (Phi) is 2.92. The van der Waals surface area contributed by atoms with Gasteiger partial charge in [0.15, 0.2) is 0 Å². The molecular weight excluding hydrogens is 216 g/mol. The molecule has 1 heterocycles. The summed E-state index contributed by atoms with van der Waals surface area (Å²) in [6, 6.07) is 8.00. The Morgan fingerprint density at radius 3 is 2.44 bits per heavy atom. The van der Waals surface area contributed by atoms with Gasteiger partial charge < -0.3 is 0 Å². The van der Waals surface area contributed by atoms with Crippen LogP contribution in [0.15, 0.2) is 29.6 Å². The predicted octanol–water partition coefficient (Wildman–Crippen LogP) is 3.90. The van der Waals surface area contributed by atoms with Gasteiger partial charge in [-0.05, 0) is 49.4 Å². The van der Waals surface area contributed by atoms with E-state index in [1.54, 1.807) is 0 Å². The first kappa shape index (κ1) is 11.1. The van der Waals surface area contributed by atoms with E-state index in [0.29, 0.717) is 0 Å². The summed E-state index contributed by atoms with van der Waals surface area (Å²) < 4.78 is 0. The monoisotopic (exact) mass is 230 g/mol. The third kappa shape index (κ3) is 1.93. The summed E-state index contributed by atoms with van der Waals surface area (Å²) in [5.41, 5.74) is 4.06. The van der Waals surface area contributed by atoms with Crippen LogP contribution in [0.1, 0.15) is 31.9 Å². The van der Waals surface area contributed by atoms with Crippen molar-refractivity contribution in [1.82, 2.24) is 0 Å². The molecule has 1 aromatic heterocycles. The fourth-order valence-corrected chi connectivity index (χ4v) is 2.59. The Labute approximate surface area is 99.8 Å². The Bertz CT molecular complexity index is 537. The molecular formula is C14H14OS. The van der Waals surface area contributed by atoms with E-state index in [4.69, 9.17) is 0 Å². The number of thiophene rings is 1. The van der Waals surface area contributed by atoms with E-state index in [1.807, 2.05) is 50.4 Å².